The minimum atomic E-state index is -0.419. The predicted octanol–water partition coefficient (Wildman–Crippen LogP) is 2.45. The van der Waals surface area contributed by atoms with Gasteiger partial charge in [-0.3, -0.25) is 14.6 Å². The molecule has 6 heteroatoms. The van der Waals surface area contributed by atoms with E-state index in [2.05, 4.69) is 15.6 Å². The van der Waals surface area contributed by atoms with Crippen molar-refractivity contribution >= 4 is 23.2 Å². The molecule has 0 aliphatic carbocycles. The highest BCUT2D eigenvalue weighted by molar-refractivity contribution is 6.07. The smallest absolute Gasteiger partial charge is 0.257 e. The van der Waals surface area contributed by atoms with Gasteiger partial charge in [-0.15, -0.1) is 0 Å². The Bertz CT molecular complexity index is 697. The van der Waals surface area contributed by atoms with Crippen LogP contribution in [0.1, 0.15) is 23.2 Å². The summed E-state index contributed by atoms with van der Waals surface area (Å²) in [5, 5.41) is 5.60. The van der Waals surface area contributed by atoms with Crippen molar-refractivity contribution in [3.63, 3.8) is 0 Å². The van der Waals surface area contributed by atoms with Gasteiger partial charge in [-0.05, 0) is 37.1 Å². The molecule has 0 radical (unpaired) electrons. The van der Waals surface area contributed by atoms with Crippen molar-refractivity contribution in [3.05, 3.63) is 54.4 Å². The quantitative estimate of drug-likeness (QED) is 0.909. The summed E-state index contributed by atoms with van der Waals surface area (Å²) in [6, 6.07) is 10.4. The van der Waals surface area contributed by atoms with Crippen LogP contribution in [0.25, 0.3) is 0 Å². The van der Waals surface area contributed by atoms with Gasteiger partial charge in [0.15, 0.2) is 0 Å². The van der Waals surface area contributed by atoms with E-state index in [4.69, 9.17) is 4.74 Å². The molecule has 1 aromatic heterocycles. The molecule has 0 spiro atoms. The van der Waals surface area contributed by atoms with Crippen LogP contribution in [0.3, 0.4) is 0 Å². The zero-order valence-electron chi connectivity index (χ0n) is 12.5. The zero-order chi connectivity index (χ0) is 16.1. The fourth-order valence-electron chi connectivity index (χ4n) is 2.39. The molecule has 2 heterocycles. The van der Waals surface area contributed by atoms with Gasteiger partial charge in [0.05, 0.1) is 16.9 Å². The van der Waals surface area contributed by atoms with Gasteiger partial charge in [0.2, 0.25) is 0 Å². The Morgan fingerprint density at radius 1 is 1.09 bits per heavy atom. The van der Waals surface area contributed by atoms with Crippen LogP contribution >= 0.6 is 0 Å². The molecule has 1 fully saturated rings. The summed E-state index contributed by atoms with van der Waals surface area (Å²) in [5.74, 6) is -0.470. The van der Waals surface area contributed by atoms with E-state index in [0.29, 0.717) is 23.5 Å². The fraction of sp³-hybridized carbons (Fsp3) is 0.235. The number of aromatic nitrogens is 1. The molecule has 1 saturated heterocycles. The highest BCUT2D eigenvalue weighted by atomic mass is 16.5. The van der Waals surface area contributed by atoms with E-state index in [1.807, 2.05) is 0 Å². The van der Waals surface area contributed by atoms with E-state index in [9.17, 15) is 9.59 Å². The van der Waals surface area contributed by atoms with E-state index in [0.717, 1.165) is 12.8 Å². The highest BCUT2D eigenvalue weighted by Crippen LogP contribution is 2.23. The summed E-state index contributed by atoms with van der Waals surface area (Å²) in [6.45, 7) is 0.609. The Balaban J connectivity index is 1.73. The second-order valence-corrected chi connectivity index (χ2v) is 5.23. The topological polar surface area (TPSA) is 80.3 Å². The molecule has 3 rings (SSSR count). The van der Waals surface area contributed by atoms with Gasteiger partial charge < -0.3 is 15.4 Å². The fourth-order valence-corrected chi connectivity index (χ4v) is 2.39. The van der Waals surface area contributed by atoms with Gasteiger partial charge >= 0.3 is 0 Å². The summed E-state index contributed by atoms with van der Waals surface area (Å²) in [5.41, 5.74) is 1.53. The third-order valence-corrected chi connectivity index (χ3v) is 3.58. The SMILES string of the molecule is O=C(Nc1ccccc1NC(=O)C1CCCO1)c1cccnc1. The third kappa shape index (κ3) is 3.73. The number of hydrogen-bond donors (Lipinski definition) is 2. The van der Waals surface area contributed by atoms with Crippen LogP contribution in [-0.4, -0.2) is 29.5 Å². The summed E-state index contributed by atoms with van der Waals surface area (Å²) in [6.07, 6.45) is 4.28. The Labute approximate surface area is 133 Å². The van der Waals surface area contributed by atoms with E-state index >= 15 is 0 Å². The standard InChI is InChI=1S/C17H17N3O3/c21-16(12-5-3-9-18-11-12)19-13-6-1-2-7-14(13)20-17(22)15-8-4-10-23-15/h1-3,5-7,9,11,15H,4,8,10H2,(H,19,21)(H,20,22). The summed E-state index contributed by atoms with van der Waals surface area (Å²) < 4.78 is 5.37. The normalized spacial score (nSPS) is 16.8. The van der Waals surface area contributed by atoms with Crippen molar-refractivity contribution in [1.82, 2.24) is 4.98 Å². The maximum atomic E-state index is 12.2. The lowest BCUT2D eigenvalue weighted by molar-refractivity contribution is -0.124. The molecule has 0 bridgehead atoms. The first-order chi connectivity index (χ1) is 11.2. The maximum Gasteiger partial charge on any atom is 0.257 e. The van der Waals surface area contributed by atoms with Crippen LogP contribution in [0.5, 0.6) is 0 Å². The number of carbonyl (C=O) groups is 2. The van der Waals surface area contributed by atoms with Crippen LogP contribution in [0.15, 0.2) is 48.8 Å². The van der Waals surface area contributed by atoms with Gasteiger partial charge in [0.25, 0.3) is 11.8 Å². The van der Waals surface area contributed by atoms with Crippen molar-refractivity contribution in [3.8, 4) is 0 Å². The number of para-hydroxylation sites is 2. The molecule has 1 aliphatic rings. The number of anilines is 2. The van der Waals surface area contributed by atoms with Crippen molar-refractivity contribution < 1.29 is 14.3 Å². The Hall–Kier alpha value is -2.73. The molecule has 1 aromatic carbocycles. The largest absolute Gasteiger partial charge is 0.368 e. The number of nitrogens with one attached hydrogen (secondary N) is 2. The molecule has 2 aromatic rings. The number of nitrogens with zero attached hydrogens (tertiary/aromatic N) is 1. The van der Waals surface area contributed by atoms with E-state index in [1.165, 1.54) is 6.20 Å². The molecular weight excluding hydrogens is 294 g/mol. The predicted molar refractivity (Wildman–Crippen MR) is 86.2 cm³/mol. The van der Waals surface area contributed by atoms with E-state index in [-0.39, 0.29) is 11.8 Å². The number of ether oxygens (including phenoxy) is 1. The zero-order valence-corrected chi connectivity index (χ0v) is 12.5. The average Bonchev–Trinajstić information content (AvgIpc) is 3.12. The lowest BCUT2D eigenvalue weighted by Gasteiger charge is -2.14. The number of pyridine rings is 1. The minimum absolute atomic E-state index is 0.189. The maximum absolute atomic E-state index is 12.2. The van der Waals surface area contributed by atoms with Crippen molar-refractivity contribution in [2.75, 3.05) is 17.2 Å². The lowest BCUT2D eigenvalue weighted by Crippen LogP contribution is -2.27. The van der Waals surface area contributed by atoms with Crippen molar-refractivity contribution in [2.45, 2.75) is 18.9 Å². The number of amides is 2. The van der Waals surface area contributed by atoms with Crippen LogP contribution in [0.2, 0.25) is 0 Å². The molecule has 23 heavy (non-hydrogen) atoms. The molecular formula is C17H17N3O3. The number of hydrogen-bond acceptors (Lipinski definition) is 4. The van der Waals surface area contributed by atoms with Crippen LogP contribution in [0, 0.1) is 0 Å². The molecule has 2 amide bonds. The van der Waals surface area contributed by atoms with Gasteiger partial charge in [-0.2, -0.15) is 0 Å². The number of benzene rings is 1. The summed E-state index contributed by atoms with van der Waals surface area (Å²) in [7, 11) is 0. The molecule has 2 N–H and O–H groups in total. The van der Waals surface area contributed by atoms with Gasteiger partial charge in [-0.25, -0.2) is 0 Å². The molecule has 1 unspecified atom stereocenters. The van der Waals surface area contributed by atoms with Crippen LogP contribution in [0.4, 0.5) is 11.4 Å². The highest BCUT2D eigenvalue weighted by Gasteiger charge is 2.24. The first-order valence-electron chi connectivity index (χ1n) is 7.47. The molecule has 0 saturated carbocycles. The first-order valence-corrected chi connectivity index (χ1v) is 7.47. The number of rotatable bonds is 4. The number of carbonyl (C=O) groups excluding carboxylic acids is 2. The van der Waals surface area contributed by atoms with E-state index in [1.54, 1.807) is 42.6 Å². The van der Waals surface area contributed by atoms with Gasteiger partial charge in [0.1, 0.15) is 6.10 Å². The second-order valence-electron chi connectivity index (χ2n) is 5.23. The molecule has 118 valence electrons. The molecule has 1 aliphatic heterocycles. The molecule has 1 atom stereocenters. The molecule has 6 nitrogen and oxygen atoms in total. The van der Waals surface area contributed by atoms with Crippen molar-refractivity contribution in [2.24, 2.45) is 0 Å². The monoisotopic (exact) mass is 311 g/mol. The van der Waals surface area contributed by atoms with Gasteiger partial charge in [0, 0.05) is 19.0 Å². The third-order valence-electron chi connectivity index (χ3n) is 3.58. The Kier molecular flexibility index (Phi) is 4.63. The van der Waals surface area contributed by atoms with Crippen LogP contribution in [-0.2, 0) is 9.53 Å². The summed E-state index contributed by atoms with van der Waals surface area (Å²) >= 11 is 0. The first kappa shape index (κ1) is 15.2. The summed E-state index contributed by atoms with van der Waals surface area (Å²) in [4.78, 5) is 28.3. The average molecular weight is 311 g/mol. The van der Waals surface area contributed by atoms with Crippen LogP contribution < -0.4 is 10.6 Å². The van der Waals surface area contributed by atoms with Crippen molar-refractivity contribution in [1.29, 1.82) is 0 Å². The Morgan fingerprint density at radius 3 is 2.52 bits per heavy atom. The Morgan fingerprint density at radius 2 is 1.87 bits per heavy atom. The van der Waals surface area contributed by atoms with Gasteiger partial charge in [-0.1, -0.05) is 12.1 Å². The second kappa shape index (κ2) is 7.02. The van der Waals surface area contributed by atoms with E-state index < -0.39 is 6.10 Å². The minimum Gasteiger partial charge on any atom is -0.368 e. The lowest BCUT2D eigenvalue weighted by atomic mass is 10.2.